The molecule has 1 heterocycles. The molecule has 0 saturated carbocycles. The molecule has 0 saturated heterocycles. The van der Waals surface area contributed by atoms with Crippen molar-refractivity contribution >= 4 is 5.91 Å². The second-order valence-corrected chi connectivity index (χ2v) is 5.68. The maximum absolute atomic E-state index is 12.2. The molecule has 134 valence electrons. The summed E-state index contributed by atoms with van der Waals surface area (Å²) in [5.74, 6) is 1.93. The van der Waals surface area contributed by atoms with Gasteiger partial charge in [0.2, 0.25) is 5.91 Å². The Balaban J connectivity index is 1.61. The van der Waals surface area contributed by atoms with Gasteiger partial charge in [-0.05, 0) is 18.2 Å². The quantitative estimate of drug-likeness (QED) is 0.707. The molecule has 0 unspecified atom stereocenters. The van der Waals surface area contributed by atoms with Gasteiger partial charge in [-0.15, -0.1) is 0 Å². The summed E-state index contributed by atoms with van der Waals surface area (Å²) in [6, 6.07) is 16.8. The maximum atomic E-state index is 12.2. The van der Waals surface area contributed by atoms with E-state index in [0.29, 0.717) is 18.0 Å². The maximum Gasteiger partial charge on any atom is 0.226 e. The lowest BCUT2D eigenvalue weighted by Gasteiger charge is -2.08. The molecule has 0 radical (unpaired) electrons. The molecule has 3 aromatic rings. The number of carbonyl (C=O) groups is 1. The van der Waals surface area contributed by atoms with Crippen molar-refractivity contribution in [3.8, 4) is 22.8 Å². The van der Waals surface area contributed by atoms with E-state index in [0.717, 1.165) is 22.6 Å². The van der Waals surface area contributed by atoms with Gasteiger partial charge in [0.25, 0.3) is 0 Å². The number of ether oxygens (including phenoxy) is 2. The predicted molar refractivity (Wildman–Crippen MR) is 97.0 cm³/mol. The highest BCUT2D eigenvalue weighted by Gasteiger charge is 2.12. The standard InChI is InChI=1S/C20H20N2O4/c1-24-17-8-5-7-14(10-17)19-11-16(22-26-19)12-20(23)21-13-15-6-3-4-9-18(15)25-2/h3-11H,12-13H2,1-2H3,(H,21,23). The van der Waals surface area contributed by atoms with E-state index in [4.69, 9.17) is 14.0 Å². The van der Waals surface area contributed by atoms with Crippen LogP contribution in [0.4, 0.5) is 0 Å². The smallest absolute Gasteiger partial charge is 0.226 e. The van der Waals surface area contributed by atoms with Gasteiger partial charge in [0.15, 0.2) is 5.76 Å². The Bertz CT molecular complexity index is 889. The van der Waals surface area contributed by atoms with E-state index in [1.807, 2.05) is 48.5 Å². The molecule has 0 fully saturated rings. The largest absolute Gasteiger partial charge is 0.497 e. The van der Waals surface area contributed by atoms with E-state index < -0.39 is 0 Å². The highest BCUT2D eigenvalue weighted by molar-refractivity contribution is 5.78. The number of methoxy groups -OCH3 is 2. The lowest BCUT2D eigenvalue weighted by atomic mass is 10.1. The number of nitrogens with one attached hydrogen (secondary N) is 1. The van der Waals surface area contributed by atoms with Crippen LogP contribution in [0.25, 0.3) is 11.3 Å². The van der Waals surface area contributed by atoms with E-state index in [2.05, 4.69) is 10.5 Å². The molecule has 0 spiro atoms. The third-order valence-corrected chi connectivity index (χ3v) is 3.92. The van der Waals surface area contributed by atoms with Gasteiger partial charge in [-0.1, -0.05) is 35.5 Å². The summed E-state index contributed by atoms with van der Waals surface area (Å²) >= 11 is 0. The van der Waals surface area contributed by atoms with Crippen LogP contribution in [-0.2, 0) is 17.8 Å². The predicted octanol–water partition coefficient (Wildman–Crippen LogP) is 3.22. The molecule has 0 atom stereocenters. The van der Waals surface area contributed by atoms with E-state index >= 15 is 0 Å². The van der Waals surface area contributed by atoms with Crippen LogP contribution in [-0.4, -0.2) is 25.3 Å². The lowest BCUT2D eigenvalue weighted by molar-refractivity contribution is -0.120. The number of para-hydroxylation sites is 1. The number of benzene rings is 2. The SMILES string of the molecule is COc1cccc(-c2cc(CC(=O)NCc3ccccc3OC)no2)c1. The average Bonchev–Trinajstić information content (AvgIpc) is 3.15. The summed E-state index contributed by atoms with van der Waals surface area (Å²) in [5, 5.41) is 6.84. The summed E-state index contributed by atoms with van der Waals surface area (Å²) in [6.07, 6.45) is 0.141. The molecule has 6 nitrogen and oxygen atoms in total. The number of rotatable bonds is 7. The third kappa shape index (κ3) is 4.22. The van der Waals surface area contributed by atoms with Crippen molar-refractivity contribution < 1.29 is 18.8 Å². The van der Waals surface area contributed by atoms with Crippen LogP contribution in [0.2, 0.25) is 0 Å². The summed E-state index contributed by atoms with van der Waals surface area (Å²) in [6.45, 7) is 0.392. The first-order valence-electron chi connectivity index (χ1n) is 8.18. The number of hydrogen-bond donors (Lipinski definition) is 1. The number of hydrogen-bond acceptors (Lipinski definition) is 5. The Morgan fingerprint density at radius 1 is 1.08 bits per heavy atom. The van der Waals surface area contributed by atoms with Crippen molar-refractivity contribution in [3.63, 3.8) is 0 Å². The van der Waals surface area contributed by atoms with Crippen LogP contribution >= 0.6 is 0 Å². The molecule has 0 aliphatic rings. The van der Waals surface area contributed by atoms with E-state index in [1.165, 1.54) is 0 Å². The zero-order valence-corrected chi connectivity index (χ0v) is 14.7. The highest BCUT2D eigenvalue weighted by atomic mass is 16.5. The molecule has 1 N–H and O–H groups in total. The average molecular weight is 352 g/mol. The van der Waals surface area contributed by atoms with Crippen molar-refractivity contribution in [2.45, 2.75) is 13.0 Å². The van der Waals surface area contributed by atoms with Crippen molar-refractivity contribution in [3.05, 3.63) is 65.9 Å². The van der Waals surface area contributed by atoms with Crippen molar-refractivity contribution in [2.24, 2.45) is 0 Å². The first kappa shape index (κ1) is 17.5. The molecule has 1 amide bonds. The van der Waals surface area contributed by atoms with Gasteiger partial charge in [-0.3, -0.25) is 4.79 Å². The number of carbonyl (C=O) groups excluding carboxylic acids is 1. The zero-order chi connectivity index (χ0) is 18.4. The molecular formula is C20H20N2O4. The zero-order valence-electron chi connectivity index (χ0n) is 14.7. The van der Waals surface area contributed by atoms with Gasteiger partial charge < -0.3 is 19.3 Å². The fourth-order valence-electron chi connectivity index (χ4n) is 2.58. The monoisotopic (exact) mass is 352 g/mol. The summed E-state index contributed by atoms with van der Waals surface area (Å²) in [7, 11) is 3.22. The highest BCUT2D eigenvalue weighted by Crippen LogP contribution is 2.24. The third-order valence-electron chi connectivity index (χ3n) is 3.92. The van der Waals surface area contributed by atoms with Crippen LogP contribution in [0.3, 0.4) is 0 Å². The van der Waals surface area contributed by atoms with Gasteiger partial charge in [0, 0.05) is 23.7 Å². The molecule has 0 aliphatic carbocycles. The van der Waals surface area contributed by atoms with Gasteiger partial charge >= 0.3 is 0 Å². The number of nitrogens with zero attached hydrogens (tertiary/aromatic N) is 1. The Morgan fingerprint density at radius 3 is 2.73 bits per heavy atom. The minimum atomic E-state index is -0.138. The lowest BCUT2D eigenvalue weighted by Crippen LogP contribution is -2.24. The minimum absolute atomic E-state index is 0.138. The number of aromatic nitrogens is 1. The fraction of sp³-hybridized carbons (Fsp3) is 0.200. The first-order chi connectivity index (χ1) is 12.7. The van der Waals surface area contributed by atoms with E-state index in [1.54, 1.807) is 20.3 Å². The van der Waals surface area contributed by atoms with Gasteiger partial charge in [-0.2, -0.15) is 0 Å². The van der Waals surface area contributed by atoms with Crippen LogP contribution in [0, 0.1) is 0 Å². The topological polar surface area (TPSA) is 73.6 Å². The van der Waals surface area contributed by atoms with Crippen LogP contribution in [0.5, 0.6) is 11.5 Å². The molecule has 2 aromatic carbocycles. The molecule has 3 rings (SSSR count). The van der Waals surface area contributed by atoms with Gasteiger partial charge in [0.05, 0.1) is 26.3 Å². The molecule has 1 aromatic heterocycles. The molecular weight excluding hydrogens is 332 g/mol. The fourth-order valence-corrected chi connectivity index (χ4v) is 2.58. The molecule has 26 heavy (non-hydrogen) atoms. The van der Waals surface area contributed by atoms with Crippen molar-refractivity contribution in [1.82, 2.24) is 10.5 Å². The summed E-state index contributed by atoms with van der Waals surface area (Å²) in [4.78, 5) is 12.2. The molecule has 6 heteroatoms. The Morgan fingerprint density at radius 2 is 1.92 bits per heavy atom. The van der Waals surface area contributed by atoms with Crippen LogP contribution in [0.1, 0.15) is 11.3 Å². The van der Waals surface area contributed by atoms with Crippen molar-refractivity contribution in [1.29, 1.82) is 0 Å². The first-order valence-corrected chi connectivity index (χ1v) is 8.18. The minimum Gasteiger partial charge on any atom is -0.497 e. The van der Waals surface area contributed by atoms with E-state index in [-0.39, 0.29) is 12.3 Å². The molecule has 0 aliphatic heterocycles. The summed E-state index contributed by atoms with van der Waals surface area (Å²) < 4.78 is 15.8. The second-order valence-electron chi connectivity index (χ2n) is 5.68. The van der Waals surface area contributed by atoms with Crippen molar-refractivity contribution in [2.75, 3.05) is 14.2 Å². The normalized spacial score (nSPS) is 10.4. The second kappa shape index (κ2) is 8.20. The van der Waals surface area contributed by atoms with Gasteiger partial charge in [0.1, 0.15) is 11.5 Å². The van der Waals surface area contributed by atoms with E-state index in [9.17, 15) is 4.79 Å². The van der Waals surface area contributed by atoms with Crippen LogP contribution < -0.4 is 14.8 Å². The number of amides is 1. The molecule has 0 bridgehead atoms. The Kier molecular flexibility index (Phi) is 5.53. The summed E-state index contributed by atoms with van der Waals surface area (Å²) in [5.41, 5.74) is 2.33. The Labute approximate surface area is 151 Å². The Hall–Kier alpha value is -3.28. The van der Waals surface area contributed by atoms with Gasteiger partial charge in [-0.25, -0.2) is 0 Å². The van der Waals surface area contributed by atoms with Crippen LogP contribution in [0.15, 0.2) is 59.1 Å².